The van der Waals surface area contributed by atoms with Gasteiger partial charge in [0.15, 0.2) is 0 Å². The van der Waals surface area contributed by atoms with Crippen molar-refractivity contribution >= 4 is 17.5 Å². The molecule has 102 valence electrons. The highest BCUT2D eigenvalue weighted by Gasteiger charge is 2.29. The maximum Gasteiger partial charge on any atom is 0.235 e. The highest BCUT2D eigenvalue weighted by Crippen LogP contribution is 2.29. The predicted molar refractivity (Wildman–Crippen MR) is 73.4 cm³/mol. The Hall–Kier alpha value is -1.72. The number of nitrogens with zero attached hydrogens (tertiary/aromatic N) is 1. The highest BCUT2D eigenvalue weighted by molar-refractivity contribution is 6.16. The van der Waals surface area contributed by atoms with Gasteiger partial charge in [0, 0.05) is 25.4 Å². The van der Waals surface area contributed by atoms with Crippen LogP contribution in [0.15, 0.2) is 18.2 Å². The molecule has 5 nitrogen and oxygen atoms in total. The van der Waals surface area contributed by atoms with Crippen molar-refractivity contribution in [3.63, 3.8) is 0 Å². The molecule has 1 heterocycles. The second-order valence-electron chi connectivity index (χ2n) is 4.97. The lowest BCUT2D eigenvalue weighted by Crippen LogP contribution is -2.42. The summed E-state index contributed by atoms with van der Waals surface area (Å²) in [5, 5.41) is 0. The minimum Gasteiger partial charge on any atom is -0.327 e. The number of fused-ring (bicyclic) bond motifs is 1. The first-order valence-corrected chi connectivity index (χ1v) is 6.46. The van der Waals surface area contributed by atoms with Crippen molar-refractivity contribution < 1.29 is 9.59 Å². The number of aryl methyl sites for hydroxylation is 1. The van der Waals surface area contributed by atoms with Crippen LogP contribution >= 0.6 is 0 Å². The number of hydrogen-bond donors (Lipinski definition) is 2. The van der Waals surface area contributed by atoms with Crippen LogP contribution in [0.2, 0.25) is 0 Å². The number of carbonyl (C=O) groups excluding carboxylic acids is 2. The molecule has 2 rings (SSSR count). The fourth-order valence-corrected chi connectivity index (χ4v) is 2.31. The van der Waals surface area contributed by atoms with Gasteiger partial charge in [-0.3, -0.25) is 14.5 Å². The molecular formula is C14H19N3O2. The van der Waals surface area contributed by atoms with E-state index in [4.69, 9.17) is 11.5 Å². The number of nitrogens with two attached hydrogens (primary N) is 2. The lowest BCUT2D eigenvalue weighted by Gasteiger charge is -2.28. The molecule has 2 amide bonds. The Labute approximate surface area is 112 Å². The average Bonchev–Trinajstić information content (AvgIpc) is 2.37. The molecule has 1 atom stereocenters. The standard InChI is InChI=1S/C14H19N3O2/c1-9(16)6-14(19)17-12-4-2-10(8-15)7-11(12)3-5-13(17)18/h2,4,7,9H,3,5-6,8,15-16H2,1H3. The first-order valence-electron chi connectivity index (χ1n) is 6.46. The third-order valence-electron chi connectivity index (χ3n) is 3.22. The van der Waals surface area contributed by atoms with Crippen molar-refractivity contribution in [2.45, 2.75) is 38.8 Å². The molecule has 0 saturated heterocycles. The number of anilines is 1. The van der Waals surface area contributed by atoms with Crippen LogP contribution in [0.25, 0.3) is 0 Å². The van der Waals surface area contributed by atoms with E-state index in [9.17, 15) is 9.59 Å². The Morgan fingerprint density at radius 1 is 1.42 bits per heavy atom. The van der Waals surface area contributed by atoms with Crippen molar-refractivity contribution in [2.24, 2.45) is 11.5 Å². The van der Waals surface area contributed by atoms with Crippen LogP contribution in [0, 0.1) is 0 Å². The Morgan fingerprint density at radius 3 is 2.79 bits per heavy atom. The summed E-state index contributed by atoms with van der Waals surface area (Å²) in [7, 11) is 0. The van der Waals surface area contributed by atoms with E-state index in [2.05, 4.69) is 0 Å². The summed E-state index contributed by atoms with van der Waals surface area (Å²) in [5.41, 5.74) is 13.9. The number of hydrogen-bond acceptors (Lipinski definition) is 4. The van der Waals surface area contributed by atoms with Crippen LogP contribution in [0.5, 0.6) is 0 Å². The molecular weight excluding hydrogens is 242 g/mol. The normalized spacial score (nSPS) is 16.2. The van der Waals surface area contributed by atoms with Crippen LogP contribution in [-0.2, 0) is 22.6 Å². The van der Waals surface area contributed by atoms with Gasteiger partial charge in [0.2, 0.25) is 11.8 Å². The van der Waals surface area contributed by atoms with Gasteiger partial charge in [-0.15, -0.1) is 0 Å². The van der Waals surface area contributed by atoms with E-state index in [0.717, 1.165) is 11.1 Å². The number of carbonyl (C=O) groups is 2. The Bertz CT molecular complexity index is 511. The molecule has 19 heavy (non-hydrogen) atoms. The van der Waals surface area contributed by atoms with E-state index in [1.54, 1.807) is 13.0 Å². The Kier molecular flexibility index (Phi) is 3.97. The first-order chi connectivity index (χ1) is 9.02. The molecule has 0 fully saturated rings. The lowest BCUT2D eigenvalue weighted by molar-refractivity contribution is -0.126. The topological polar surface area (TPSA) is 89.4 Å². The van der Waals surface area contributed by atoms with Gasteiger partial charge < -0.3 is 11.5 Å². The van der Waals surface area contributed by atoms with E-state index in [1.165, 1.54) is 4.90 Å². The van der Waals surface area contributed by atoms with E-state index in [-0.39, 0.29) is 24.3 Å². The van der Waals surface area contributed by atoms with Crippen LogP contribution in [0.3, 0.4) is 0 Å². The maximum absolute atomic E-state index is 12.1. The summed E-state index contributed by atoms with van der Waals surface area (Å²) in [6.45, 7) is 2.21. The fraction of sp³-hybridized carbons (Fsp3) is 0.429. The largest absolute Gasteiger partial charge is 0.327 e. The van der Waals surface area contributed by atoms with Crippen molar-refractivity contribution in [3.8, 4) is 0 Å². The molecule has 1 aliphatic rings. The molecule has 0 aliphatic carbocycles. The molecule has 1 aliphatic heterocycles. The van der Waals surface area contributed by atoms with Crippen molar-refractivity contribution in [1.82, 2.24) is 0 Å². The van der Waals surface area contributed by atoms with E-state index in [0.29, 0.717) is 25.1 Å². The van der Waals surface area contributed by atoms with Gasteiger partial charge >= 0.3 is 0 Å². The van der Waals surface area contributed by atoms with Gasteiger partial charge in [0.1, 0.15) is 0 Å². The first kappa shape index (κ1) is 13.7. The second kappa shape index (κ2) is 5.50. The quantitative estimate of drug-likeness (QED) is 0.837. The highest BCUT2D eigenvalue weighted by atomic mass is 16.2. The second-order valence-corrected chi connectivity index (χ2v) is 4.97. The fourth-order valence-electron chi connectivity index (χ4n) is 2.31. The van der Waals surface area contributed by atoms with Crippen LogP contribution in [0.4, 0.5) is 5.69 Å². The molecule has 5 heteroatoms. The van der Waals surface area contributed by atoms with Gasteiger partial charge in [0.05, 0.1) is 5.69 Å². The maximum atomic E-state index is 12.1. The van der Waals surface area contributed by atoms with Crippen molar-refractivity contribution in [1.29, 1.82) is 0 Å². The summed E-state index contributed by atoms with van der Waals surface area (Å²) < 4.78 is 0. The van der Waals surface area contributed by atoms with Gasteiger partial charge in [-0.1, -0.05) is 12.1 Å². The molecule has 4 N–H and O–H groups in total. The van der Waals surface area contributed by atoms with Crippen LogP contribution < -0.4 is 16.4 Å². The molecule has 1 aromatic rings. The third kappa shape index (κ3) is 2.83. The van der Waals surface area contributed by atoms with E-state index in [1.807, 2.05) is 12.1 Å². The molecule has 1 unspecified atom stereocenters. The van der Waals surface area contributed by atoms with Gasteiger partial charge in [-0.25, -0.2) is 0 Å². The molecule has 1 aromatic carbocycles. The lowest BCUT2D eigenvalue weighted by atomic mass is 9.98. The molecule has 0 saturated carbocycles. The van der Waals surface area contributed by atoms with E-state index < -0.39 is 0 Å². The van der Waals surface area contributed by atoms with Gasteiger partial charge in [-0.05, 0) is 30.5 Å². The minimum absolute atomic E-state index is 0.154. The molecule has 0 spiro atoms. The number of amides is 2. The van der Waals surface area contributed by atoms with Gasteiger partial charge in [-0.2, -0.15) is 0 Å². The van der Waals surface area contributed by atoms with Crippen molar-refractivity contribution in [2.75, 3.05) is 4.90 Å². The third-order valence-corrected chi connectivity index (χ3v) is 3.22. The Balaban J connectivity index is 2.35. The molecule has 0 bridgehead atoms. The zero-order valence-electron chi connectivity index (χ0n) is 11.1. The predicted octanol–water partition coefficient (Wildman–Crippen LogP) is 0.688. The molecule has 0 radical (unpaired) electrons. The zero-order valence-corrected chi connectivity index (χ0v) is 11.1. The average molecular weight is 261 g/mol. The Morgan fingerprint density at radius 2 is 2.16 bits per heavy atom. The van der Waals surface area contributed by atoms with Crippen LogP contribution in [0.1, 0.15) is 30.9 Å². The monoisotopic (exact) mass is 261 g/mol. The molecule has 0 aromatic heterocycles. The van der Waals surface area contributed by atoms with Gasteiger partial charge in [0.25, 0.3) is 0 Å². The number of rotatable bonds is 3. The smallest absolute Gasteiger partial charge is 0.235 e. The zero-order chi connectivity index (χ0) is 14.0. The summed E-state index contributed by atoms with van der Waals surface area (Å²) in [5.74, 6) is -0.389. The number of imide groups is 1. The summed E-state index contributed by atoms with van der Waals surface area (Å²) >= 11 is 0. The van der Waals surface area contributed by atoms with Crippen LogP contribution in [-0.4, -0.2) is 17.9 Å². The van der Waals surface area contributed by atoms with E-state index >= 15 is 0 Å². The summed E-state index contributed by atoms with van der Waals surface area (Å²) in [4.78, 5) is 25.4. The SMILES string of the molecule is CC(N)CC(=O)N1C(=O)CCc2cc(CN)ccc21. The van der Waals surface area contributed by atoms with Crippen molar-refractivity contribution in [3.05, 3.63) is 29.3 Å². The summed E-state index contributed by atoms with van der Waals surface area (Å²) in [6, 6.07) is 5.36. The number of benzene rings is 1. The minimum atomic E-state index is -0.256. The summed E-state index contributed by atoms with van der Waals surface area (Å²) in [6.07, 6.45) is 1.18.